The van der Waals surface area contributed by atoms with Crippen molar-refractivity contribution in [2.75, 3.05) is 6.61 Å². The largest absolute Gasteiger partial charge is 0.394 e. The molecule has 338 valence electrons. The molecule has 0 rings (SSSR count). The van der Waals surface area contributed by atoms with Gasteiger partial charge in [-0.25, -0.2) is 0 Å². The molecule has 0 spiro atoms. The van der Waals surface area contributed by atoms with E-state index in [1.165, 1.54) is 218 Å². The van der Waals surface area contributed by atoms with E-state index in [0.29, 0.717) is 6.42 Å². The molecule has 0 aromatic carbocycles. The molecule has 3 atom stereocenters. The van der Waals surface area contributed by atoms with Gasteiger partial charge in [0.25, 0.3) is 0 Å². The fraction of sp³-hybridized carbons (Fsp3) is 0.904. The van der Waals surface area contributed by atoms with Gasteiger partial charge in [0, 0.05) is 0 Å². The Kier molecular flexibility index (Phi) is 46.5. The van der Waals surface area contributed by atoms with Crippen LogP contribution in [0.15, 0.2) is 24.3 Å². The van der Waals surface area contributed by atoms with Crippen molar-refractivity contribution in [2.45, 2.75) is 295 Å². The standard InChI is InChI=1S/C52H101NO4/c1-3-5-7-9-11-13-15-17-19-21-22-23-24-25-26-27-28-30-32-34-36-38-40-42-44-46-51(56)50(48-54)53-52(57)47-49(55)45-43-41-39-37-35-33-31-29-20-18-16-14-12-10-8-6-4-2/h36,38,44,46,49-51,54-56H,3-35,37,39-43,45,47-48H2,1-2H3,(H,53,57)/b38-36+,46-44+. The number of hydrogen-bond donors (Lipinski definition) is 4. The Labute approximate surface area is 356 Å². The molecule has 0 saturated carbocycles. The SMILES string of the molecule is CCCCCCCCCCCCCCCCCCCCC/C=C/CC/C=C/C(O)C(CO)NC(=O)CC(O)CCCCCCCCCCCCCCCCCCC. The molecule has 1 amide bonds. The highest BCUT2D eigenvalue weighted by Crippen LogP contribution is 2.17. The lowest BCUT2D eigenvalue weighted by molar-refractivity contribution is -0.124. The van der Waals surface area contributed by atoms with Crippen LogP contribution in [0, 0.1) is 0 Å². The first-order valence-corrected chi connectivity index (χ1v) is 25.6. The second-order valence-electron chi connectivity index (χ2n) is 17.8. The van der Waals surface area contributed by atoms with E-state index in [2.05, 4.69) is 31.3 Å². The number of carbonyl (C=O) groups excluding carboxylic acids is 1. The lowest BCUT2D eigenvalue weighted by Gasteiger charge is -2.21. The molecule has 0 aliphatic carbocycles. The van der Waals surface area contributed by atoms with Gasteiger partial charge in [-0.05, 0) is 32.1 Å². The van der Waals surface area contributed by atoms with Gasteiger partial charge in [0.2, 0.25) is 5.91 Å². The number of unbranched alkanes of at least 4 members (excludes halogenated alkanes) is 36. The lowest BCUT2D eigenvalue weighted by atomic mass is 10.0. The molecule has 0 heterocycles. The van der Waals surface area contributed by atoms with Crippen molar-refractivity contribution in [1.29, 1.82) is 0 Å². The zero-order valence-electron chi connectivity index (χ0n) is 38.5. The minimum absolute atomic E-state index is 0.0100. The first-order valence-electron chi connectivity index (χ1n) is 25.6. The monoisotopic (exact) mass is 804 g/mol. The van der Waals surface area contributed by atoms with E-state index in [1.807, 2.05) is 6.08 Å². The molecule has 0 aromatic heterocycles. The summed E-state index contributed by atoms with van der Waals surface area (Å²) < 4.78 is 0. The lowest BCUT2D eigenvalue weighted by Crippen LogP contribution is -2.45. The summed E-state index contributed by atoms with van der Waals surface area (Å²) in [6, 6.07) is -0.758. The number of aliphatic hydroxyl groups excluding tert-OH is 3. The average molecular weight is 804 g/mol. The number of rotatable bonds is 47. The van der Waals surface area contributed by atoms with Crippen LogP contribution in [-0.2, 0) is 4.79 Å². The first-order chi connectivity index (χ1) is 28.0. The van der Waals surface area contributed by atoms with Crippen LogP contribution in [0.5, 0.6) is 0 Å². The molecule has 5 nitrogen and oxygen atoms in total. The van der Waals surface area contributed by atoms with Crippen molar-refractivity contribution in [3.63, 3.8) is 0 Å². The fourth-order valence-electron chi connectivity index (χ4n) is 8.06. The maximum atomic E-state index is 12.5. The smallest absolute Gasteiger partial charge is 0.222 e. The van der Waals surface area contributed by atoms with Crippen LogP contribution in [0.4, 0.5) is 0 Å². The zero-order chi connectivity index (χ0) is 41.5. The quantitative estimate of drug-likeness (QED) is 0.0364. The molecule has 4 N–H and O–H groups in total. The summed E-state index contributed by atoms with van der Waals surface area (Å²) in [5.41, 5.74) is 0. The fourth-order valence-corrected chi connectivity index (χ4v) is 8.06. The van der Waals surface area contributed by atoms with Gasteiger partial charge >= 0.3 is 0 Å². The molecular formula is C52H101NO4. The van der Waals surface area contributed by atoms with Gasteiger partial charge in [0.15, 0.2) is 0 Å². The highest BCUT2D eigenvalue weighted by Gasteiger charge is 2.20. The molecule has 57 heavy (non-hydrogen) atoms. The van der Waals surface area contributed by atoms with Crippen LogP contribution >= 0.6 is 0 Å². The van der Waals surface area contributed by atoms with E-state index in [4.69, 9.17) is 0 Å². The molecule has 0 fully saturated rings. The van der Waals surface area contributed by atoms with Crippen molar-refractivity contribution in [3.8, 4) is 0 Å². The van der Waals surface area contributed by atoms with Gasteiger partial charge in [-0.2, -0.15) is 0 Å². The van der Waals surface area contributed by atoms with Crippen LogP contribution in [0.2, 0.25) is 0 Å². The van der Waals surface area contributed by atoms with Gasteiger partial charge in [-0.3, -0.25) is 4.79 Å². The summed E-state index contributed by atoms with van der Waals surface area (Å²) in [5, 5.41) is 33.3. The first kappa shape index (κ1) is 55.8. The molecule has 0 radical (unpaired) electrons. The maximum absolute atomic E-state index is 12.5. The molecular weight excluding hydrogens is 703 g/mol. The van der Waals surface area contributed by atoms with Crippen molar-refractivity contribution in [2.24, 2.45) is 0 Å². The van der Waals surface area contributed by atoms with E-state index in [1.54, 1.807) is 6.08 Å². The zero-order valence-corrected chi connectivity index (χ0v) is 38.5. The molecule has 0 aromatic rings. The van der Waals surface area contributed by atoms with Gasteiger partial charge in [-0.1, -0.05) is 263 Å². The van der Waals surface area contributed by atoms with Gasteiger partial charge in [0.05, 0.1) is 31.3 Å². The van der Waals surface area contributed by atoms with Crippen molar-refractivity contribution in [1.82, 2.24) is 5.32 Å². The van der Waals surface area contributed by atoms with Crippen LogP contribution in [0.3, 0.4) is 0 Å². The number of carbonyl (C=O) groups is 1. The second-order valence-corrected chi connectivity index (χ2v) is 17.8. The summed E-state index contributed by atoms with van der Waals surface area (Å²) in [6.45, 7) is 4.23. The number of aliphatic hydroxyl groups is 3. The number of nitrogens with one attached hydrogen (secondary N) is 1. The van der Waals surface area contributed by atoms with Crippen molar-refractivity contribution >= 4 is 5.91 Å². The van der Waals surface area contributed by atoms with E-state index in [9.17, 15) is 20.1 Å². The summed E-state index contributed by atoms with van der Waals surface area (Å²) in [5.74, 6) is -0.321. The Balaban J connectivity index is 3.62. The number of amides is 1. The minimum Gasteiger partial charge on any atom is -0.394 e. The van der Waals surface area contributed by atoms with Crippen LogP contribution in [0.25, 0.3) is 0 Å². The predicted octanol–water partition coefficient (Wildman–Crippen LogP) is 15.3. The summed E-state index contributed by atoms with van der Waals surface area (Å²) in [4.78, 5) is 12.5. The Morgan fingerprint density at radius 2 is 0.754 bits per heavy atom. The molecule has 0 bridgehead atoms. The van der Waals surface area contributed by atoms with E-state index in [-0.39, 0.29) is 18.9 Å². The molecule has 0 aliphatic heterocycles. The molecule has 3 unspecified atom stereocenters. The summed E-state index contributed by atoms with van der Waals surface area (Å²) in [6.07, 6.45) is 59.2. The average Bonchev–Trinajstić information content (AvgIpc) is 3.20. The Bertz CT molecular complexity index is 844. The normalized spacial score (nSPS) is 13.6. The maximum Gasteiger partial charge on any atom is 0.222 e. The third kappa shape index (κ3) is 44.2. The Hall–Kier alpha value is -1.17. The van der Waals surface area contributed by atoms with E-state index >= 15 is 0 Å². The highest BCUT2D eigenvalue weighted by molar-refractivity contribution is 5.76. The number of hydrogen-bond acceptors (Lipinski definition) is 4. The Morgan fingerprint density at radius 1 is 0.439 bits per heavy atom. The van der Waals surface area contributed by atoms with Crippen LogP contribution < -0.4 is 5.32 Å². The molecule has 0 saturated heterocycles. The van der Waals surface area contributed by atoms with Crippen molar-refractivity contribution in [3.05, 3.63) is 24.3 Å². The van der Waals surface area contributed by atoms with E-state index < -0.39 is 18.2 Å². The van der Waals surface area contributed by atoms with Gasteiger partial charge in [0.1, 0.15) is 0 Å². The third-order valence-electron chi connectivity index (χ3n) is 12.0. The predicted molar refractivity (Wildman–Crippen MR) is 250 cm³/mol. The van der Waals surface area contributed by atoms with Gasteiger partial charge < -0.3 is 20.6 Å². The summed E-state index contributed by atoms with van der Waals surface area (Å²) in [7, 11) is 0. The van der Waals surface area contributed by atoms with Crippen LogP contribution in [-0.4, -0.2) is 46.1 Å². The third-order valence-corrected chi connectivity index (χ3v) is 12.0. The summed E-state index contributed by atoms with van der Waals surface area (Å²) >= 11 is 0. The van der Waals surface area contributed by atoms with Gasteiger partial charge in [-0.15, -0.1) is 0 Å². The molecule has 0 aliphatic rings. The number of allylic oxidation sites excluding steroid dienone is 3. The Morgan fingerprint density at radius 3 is 1.12 bits per heavy atom. The molecule has 5 heteroatoms. The van der Waals surface area contributed by atoms with Crippen LogP contribution in [0.1, 0.15) is 277 Å². The topological polar surface area (TPSA) is 89.8 Å². The minimum atomic E-state index is -0.949. The second kappa shape index (κ2) is 47.5. The van der Waals surface area contributed by atoms with Crippen molar-refractivity contribution < 1.29 is 20.1 Å². The highest BCUT2D eigenvalue weighted by atomic mass is 16.3. The van der Waals surface area contributed by atoms with E-state index in [0.717, 1.165) is 32.1 Å².